The largest absolute Gasteiger partial charge is 0.477 e. The molecule has 4 N–H and O–H groups in total. The van der Waals surface area contributed by atoms with Crippen molar-refractivity contribution in [2.24, 2.45) is 29.4 Å². The third-order valence-corrected chi connectivity index (χ3v) is 11.6. The van der Waals surface area contributed by atoms with Crippen LogP contribution in [0.4, 0.5) is 0 Å². The number of nitrogens with two attached hydrogens (primary N) is 1. The fourth-order valence-corrected chi connectivity index (χ4v) is 9.20. The molecule has 6 heterocycles. The smallest absolute Gasteiger partial charge is 0.353 e. The van der Waals surface area contributed by atoms with Gasteiger partial charge in [-0.05, 0) is 42.0 Å². The van der Waals surface area contributed by atoms with Gasteiger partial charge in [0.2, 0.25) is 17.7 Å². The number of rotatable bonds is 10. The Labute approximate surface area is 265 Å². The van der Waals surface area contributed by atoms with Crippen molar-refractivity contribution in [2.45, 2.75) is 75.9 Å². The molecule has 0 radical (unpaired) electrons. The van der Waals surface area contributed by atoms with Gasteiger partial charge in [-0.1, -0.05) is 13.8 Å². The summed E-state index contributed by atoms with van der Waals surface area (Å²) in [5, 5.41) is 24.2. The maximum atomic E-state index is 13.4. The van der Waals surface area contributed by atoms with Crippen LogP contribution in [0, 0.1) is 23.7 Å². The van der Waals surface area contributed by atoms with Crippen LogP contribution in [0.3, 0.4) is 0 Å². The number of aliphatic carboxylic acids is 1. The molecule has 15 nitrogen and oxygen atoms in total. The van der Waals surface area contributed by atoms with Crippen LogP contribution in [0.1, 0.15) is 46.0 Å². The van der Waals surface area contributed by atoms with Crippen molar-refractivity contribution in [1.29, 1.82) is 0 Å². The van der Waals surface area contributed by atoms with Gasteiger partial charge in [-0.25, -0.2) is 9.48 Å². The van der Waals surface area contributed by atoms with E-state index in [-0.39, 0.29) is 83.3 Å². The number of hydrogen-bond donors (Lipinski definition) is 3. The predicted molar refractivity (Wildman–Crippen MR) is 161 cm³/mol. The lowest BCUT2D eigenvalue weighted by Crippen LogP contribution is -2.62. The zero-order valence-corrected chi connectivity index (χ0v) is 26.4. The van der Waals surface area contributed by atoms with Crippen LogP contribution in [-0.4, -0.2) is 126 Å². The summed E-state index contributed by atoms with van der Waals surface area (Å²) in [6.45, 7) is 6.73. The van der Waals surface area contributed by atoms with Crippen LogP contribution in [0.15, 0.2) is 16.9 Å². The van der Waals surface area contributed by atoms with Crippen LogP contribution in [0.25, 0.3) is 0 Å². The van der Waals surface area contributed by atoms with Crippen molar-refractivity contribution < 1.29 is 29.1 Å². The molecule has 4 fully saturated rings. The number of carbonyl (C=O) groups is 5. The Morgan fingerprint density at radius 3 is 2.51 bits per heavy atom. The monoisotopic (exact) mass is 643 g/mol. The summed E-state index contributed by atoms with van der Waals surface area (Å²) in [5.74, 6) is -2.38. The molecule has 0 unspecified atom stereocenters. The molecule has 0 saturated carbocycles. The van der Waals surface area contributed by atoms with Crippen LogP contribution < -0.4 is 11.1 Å². The molecular formula is C29H41N9O6S. The first kappa shape index (κ1) is 31.6. The Hall–Kier alpha value is -3.37. The lowest BCUT2D eigenvalue weighted by Gasteiger charge is -2.47. The summed E-state index contributed by atoms with van der Waals surface area (Å²) in [6.07, 6.45) is 4.17. The zero-order valence-electron chi connectivity index (χ0n) is 25.6. The van der Waals surface area contributed by atoms with E-state index in [1.807, 2.05) is 23.6 Å². The first-order chi connectivity index (χ1) is 21.5. The Bertz CT molecular complexity index is 1380. The molecule has 4 saturated heterocycles. The summed E-state index contributed by atoms with van der Waals surface area (Å²) in [4.78, 5) is 70.3. The Kier molecular flexibility index (Phi) is 8.98. The molecule has 1 aromatic heterocycles. The van der Waals surface area contributed by atoms with Crippen LogP contribution in [-0.2, 0) is 30.5 Å². The van der Waals surface area contributed by atoms with Crippen molar-refractivity contribution in [3.8, 4) is 0 Å². The molecule has 1 aromatic rings. The number of carbonyl (C=O) groups excluding carboxylic acids is 4. The van der Waals surface area contributed by atoms with Gasteiger partial charge in [0.15, 0.2) is 5.78 Å². The maximum absolute atomic E-state index is 13.4. The predicted octanol–water partition coefficient (Wildman–Crippen LogP) is -0.697. The van der Waals surface area contributed by atoms with Crippen molar-refractivity contribution in [1.82, 2.24) is 40.2 Å². The summed E-state index contributed by atoms with van der Waals surface area (Å²) >= 11 is 1.44. The van der Waals surface area contributed by atoms with Gasteiger partial charge >= 0.3 is 5.97 Å². The highest BCUT2D eigenvalue weighted by atomic mass is 32.2. The van der Waals surface area contributed by atoms with Gasteiger partial charge in [-0.3, -0.25) is 19.2 Å². The van der Waals surface area contributed by atoms with E-state index in [1.54, 1.807) is 0 Å². The Morgan fingerprint density at radius 2 is 1.87 bits per heavy atom. The second kappa shape index (κ2) is 12.8. The second-order valence-electron chi connectivity index (χ2n) is 13.1. The molecule has 0 bridgehead atoms. The fourth-order valence-electron chi connectivity index (χ4n) is 7.72. The van der Waals surface area contributed by atoms with Gasteiger partial charge in [0.25, 0.3) is 0 Å². The first-order valence-electron chi connectivity index (χ1n) is 15.8. The number of aromatic nitrogens is 4. The number of hydrogen-bond acceptors (Lipinski definition) is 11. The molecular weight excluding hydrogens is 602 g/mol. The number of amides is 3. The average molecular weight is 644 g/mol. The number of carboxylic acid groups (broad SMARTS) is 1. The Balaban J connectivity index is 1.03. The first-order valence-corrected chi connectivity index (χ1v) is 16.7. The topological polar surface area (TPSA) is 197 Å². The summed E-state index contributed by atoms with van der Waals surface area (Å²) in [5.41, 5.74) is 5.99. The molecule has 45 heavy (non-hydrogen) atoms. The highest BCUT2D eigenvalue weighted by Crippen LogP contribution is 2.53. The van der Waals surface area contributed by atoms with Gasteiger partial charge in [0.1, 0.15) is 18.6 Å². The molecule has 16 heteroatoms. The van der Waals surface area contributed by atoms with E-state index in [2.05, 4.69) is 20.8 Å². The number of fused-ring (bicyclic) bond motifs is 1. The van der Waals surface area contributed by atoms with E-state index in [0.717, 1.165) is 6.42 Å². The summed E-state index contributed by atoms with van der Waals surface area (Å²) in [6, 6.07) is -0.656. The quantitative estimate of drug-likeness (QED) is 0.272. The van der Waals surface area contributed by atoms with Gasteiger partial charge in [0.05, 0.1) is 18.0 Å². The number of ketones is 1. The van der Waals surface area contributed by atoms with Crippen molar-refractivity contribution in [2.75, 3.05) is 32.7 Å². The minimum Gasteiger partial charge on any atom is -0.477 e. The van der Waals surface area contributed by atoms with Crippen LogP contribution in [0.2, 0.25) is 0 Å². The summed E-state index contributed by atoms with van der Waals surface area (Å²) in [7, 11) is 0. The van der Waals surface area contributed by atoms with Gasteiger partial charge < -0.3 is 30.9 Å². The zero-order chi connectivity index (χ0) is 32.0. The van der Waals surface area contributed by atoms with Gasteiger partial charge in [-0.2, -0.15) is 0 Å². The maximum Gasteiger partial charge on any atom is 0.353 e. The summed E-state index contributed by atoms with van der Waals surface area (Å²) < 4.78 is 1.34. The average Bonchev–Trinajstić information content (AvgIpc) is 3.81. The number of nitrogens with one attached hydrogen (secondary N) is 1. The van der Waals surface area contributed by atoms with E-state index in [0.29, 0.717) is 56.9 Å². The number of tetrazole rings is 1. The molecule has 0 aromatic carbocycles. The van der Waals surface area contributed by atoms with Gasteiger partial charge in [0, 0.05) is 67.2 Å². The standard InChI is InChI=1S/C29H41N9O6S/c1-15(9-19(39)13-37-14-32-33-34-37)22-23-16(2)25(24(29(43)44)38(23)28(22)42)45-20-10-21(31-11-20)27(41)35-6-3-17(4-7-35)26(40)36-8-5-18(30)12-36/h14-18,20-23,31H,3-13,30H2,1-2H3,(H,43,44)/t15-,16+,18+,20-,21-,22+,23+/m0/s1. The lowest BCUT2D eigenvalue weighted by molar-refractivity contribution is -0.160. The fraction of sp³-hybridized carbons (Fsp3) is 0.724. The molecule has 3 amide bonds. The number of Topliss-reactive ketones (excluding diaryl/α,β-unsaturated/α-hetero) is 1. The van der Waals surface area contributed by atoms with E-state index in [9.17, 15) is 29.1 Å². The number of β-lactam (4-membered cyclic amide) rings is 1. The molecule has 244 valence electrons. The SMILES string of the molecule is C[C@@H](CC(=O)Cn1cnnn1)[C@H]1C(=O)N2C(C(=O)O)=C(S[C@@H]3CN[C@H](C(=O)N4CCC(C(=O)N5CC[C@@H](N)C5)CC4)C3)[C@H](C)[C@H]12. The number of carboxylic acids is 1. The van der Waals surface area contributed by atoms with Crippen LogP contribution >= 0.6 is 11.8 Å². The second-order valence-corrected chi connectivity index (χ2v) is 14.5. The van der Waals surface area contributed by atoms with Crippen molar-refractivity contribution in [3.63, 3.8) is 0 Å². The lowest BCUT2D eigenvalue weighted by atomic mass is 9.73. The van der Waals surface area contributed by atoms with E-state index in [4.69, 9.17) is 5.73 Å². The minimum absolute atomic E-state index is 0.0123. The highest BCUT2D eigenvalue weighted by Gasteiger charge is 2.60. The van der Waals surface area contributed by atoms with E-state index in [1.165, 1.54) is 27.7 Å². The number of piperidine rings is 1. The molecule has 0 spiro atoms. The van der Waals surface area contributed by atoms with Gasteiger partial charge in [-0.15, -0.1) is 16.9 Å². The Morgan fingerprint density at radius 1 is 1.13 bits per heavy atom. The minimum atomic E-state index is -1.15. The normalized spacial score (nSPS) is 30.9. The molecule has 6 rings (SSSR count). The van der Waals surface area contributed by atoms with E-state index >= 15 is 0 Å². The molecule has 7 atom stereocenters. The number of nitrogens with zero attached hydrogens (tertiary/aromatic N) is 7. The van der Waals surface area contributed by atoms with Crippen LogP contribution in [0.5, 0.6) is 0 Å². The number of thioether (sulfide) groups is 1. The third kappa shape index (κ3) is 6.11. The third-order valence-electron chi connectivity index (χ3n) is 10.1. The highest BCUT2D eigenvalue weighted by molar-refractivity contribution is 8.03. The van der Waals surface area contributed by atoms with Crippen molar-refractivity contribution >= 4 is 41.2 Å². The number of likely N-dealkylation sites (tertiary alicyclic amines) is 2. The van der Waals surface area contributed by atoms with E-state index < -0.39 is 11.9 Å². The molecule has 5 aliphatic heterocycles. The van der Waals surface area contributed by atoms with Crippen molar-refractivity contribution in [3.05, 3.63) is 16.9 Å². The molecule has 5 aliphatic rings. The molecule has 0 aliphatic carbocycles.